The van der Waals surface area contributed by atoms with Gasteiger partial charge >= 0.3 is 0 Å². The predicted octanol–water partition coefficient (Wildman–Crippen LogP) is 12.0. The van der Waals surface area contributed by atoms with Crippen molar-refractivity contribution < 1.29 is 30.0 Å². The van der Waals surface area contributed by atoms with Crippen LogP contribution in [0.5, 0.6) is 0 Å². The molecule has 0 amide bonds. The second-order valence-corrected chi connectivity index (χ2v) is 25.0. The molecule has 0 saturated heterocycles. The zero-order chi connectivity index (χ0) is 36.7. The standard InChI is InChI=1S/C26H26NSi.C23H32O2.Ir/c1-18-13-19(2)15-22(14-18)26-24(20-9-7-6-8-10-20)17-21-16-23(28(3,4)5)11-12-25(21)27-26;24-20(22-8-14-1-15(9-22)3-16(2-14)10-22)7-21(25)23-11-17-4-18(12-23)6-19(5-17)13-23;/h6-14,16-17H,1-5H3;7,14-19,24H,1-6,8-13H2;/q-1;;/b;20-7-;. The van der Waals surface area contributed by atoms with Crippen LogP contribution in [0.15, 0.2) is 78.6 Å². The smallest absolute Gasteiger partial charge is 0.165 e. The number of aliphatic hydroxyl groups is 1. The van der Waals surface area contributed by atoms with Crippen LogP contribution in [0.3, 0.4) is 0 Å². The molecule has 1 radical (unpaired) electrons. The Hall–Kier alpha value is -2.85. The number of hydrogen-bond donors (Lipinski definition) is 1. The van der Waals surface area contributed by atoms with Gasteiger partial charge < -0.3 is 5.11 Å². The van der Waals surface area contributed by atoms with Crippen LogP contribution in [-0.4, -0.2) is 23.9 Å². The van der Waals surface area contributed by atoms with Crippen molar-refractivity contribution in [1.29, 1.82) is 0 Å². The van der Waals surface area contributed by atoms with E-state index in [-0.39, 0.29) is 30.9 Å². The molecule has 1 N–H and O–H groups in total. The van der Waals surface area contributed by atoms with E-state index in [1.54, 1.807) is 6.08 Å². The normalized spacial score (nSPS) is 31.9. The molecule has 1 aromatic heterocycles. The number of nitrogens with zero attached hydrogens (tertiary/aromatic N) is 1. The fourth-order valence-electron chi connectivity index (χ4n) is 13.0. The number of hydrogen-bond acceptors (Lipinski definition) is 3. The maximum absolute atomic E-state index is 13.4. The summed E-state index contributed by atoms with van der Waals surface area (Å²) in [7, 11) is -1.37. The molecule has 8 fully saturated rings. The fourth-order valence-corrected chi connectivity index (χ4v) is 14.1. The third-order valence-electron chi connectivity index (χ3n) is 14.6. The second kappa shape index (κ2) is 14.3. The van der Waals surface area contributed by atoms with Gasteiger partial charge in [-0.05, 0) is 141 Å². The van der Waals surface area contributed by atoms with Gasteiger partial charge in [-0.3, -0.25) is 9.78 Å². The summed E-state index contributed by atoms with van der Waals surface area (Å²) >= 11 is 0. The Kier molecular flexibility index (Phi) is 10.0. The fraction of sp³-hybridized carbons (Fsp3) is 0.510. The Labute approximate surface area is 338 Å². The monoisotopic (exact) mass is 913 g/mol. The molecule has 1 heterocycles. The average molecular weight is 913 g/mol. The summed E-state index contributed by atoms with van der Waals surface area (Å²) in [5.41, 5.74) is 7.74. The van der Waals surface area contributed by atoms with Crippen LogP contribution >= 0.6 is 0 Å². The Morgan fingerprint density at radius 1 is 0.741 bits per heavy atom. The number of allylic oxidation sites excluding steroid dienone is 2. The van der Waals surface area contributed by atoms with Crippen molar-refractivity contribution in [3.63, 3.8) is 0 Å². The molecule has 0 atom stereocenters. The van der Waals surface area contributed by atoms with Crippen molar-refractivity contribution in [2.45, 2.75) is 111 Å². The van der Waals surface area contributed by atoms with E-state index in [2.05, 4.69) is 106 Å². The van der Waals surface area contributed by atoms with Crippen LogP contribution in [0.4, 0.5) is 0 Å². The van der Waals surface area contributed by atoms with Gasteiger partial charge in [-0.1, -0.05) is 87.2 Å². The molecule has 8 aliphatic carbocycles. The molecular weight excluding hydrogens is 855 g/mol. The molecule has 285 valence electrons. The maximum atomic E-state index is 13.4. The molecule has 3 nitrogen and oxygen atoms in total. The summed E-state index contributed by atoms with van der Waals surface area (Å²) in [4.78, 5) is 18.5. The Bertz CT molecular complexity index is 2000. The first-order valence-electron chi connectivity index (χ1n) is 20.8. The van der Waals surface area contributed by atoms with E-state index in [4.69, 9.17) is 4.98 Å². The van der Waals surface area contributed by atoms with E-state index < -0.39 is 8.07 Å². The summed E-state index contributed by atoms with van der Waals surface area (Å²) in [6.45, 7) is 11.4. The molecule has 8 saturated carbocycles. The number of aliphatic hydroxyl groups excluding tert-OH is 1. The average Bonchev–Trinajstić information content (AvgIpc) is 3.09. The van der Waals surface area contributed by atoms with Gasteiger partial charge in [-0.25, -0.2) is 0 Å². The van der Waals surface area contributed by atoms with Gasteiger partial charge in [0, 0.05) is 37.0 Å². The van der Waals surface area contributed by atoms with Gasteiger partial charge in [0.2, 0.25) is 0 Å². The maximum Gasteiger partial charge on any atom is 0.165 e. The van der Waals surface area contributed by atoms with Gasteiger partial charge in [0.15, 0.2) is 5.78 Å². The van der Waals surface area contributed by atoms with Crippen LogP contribution in [0.1, 0.15) is 88.2 Å². The molecule has 54 heavy (non-hydrogen) atoms. The third-order valence-corrected chi connectivity index (χ3v) is 16.6. The number of carbonyl (C=O) groups excluding carboxylic acids is 1. The van der Waals surface area contributed by atoms with E-state index in [9.17, 15) is 9.90 Å². The number of aromatic nitrogens is 1. The predicted molar refractivity (Wildman–Crippen MR) is 221 cm³/mol. The molecule has 8 bridgehead atoms. The molecule has 3 aromatic carbocycles. The van der Waals surface area contributed by atoms with Crippen molar-refractivity contribution >= 4 is 29.9 Å². The number of aryl methyl sites for hydroxylation is 2. The zero-order valence-electron chi connectivity index (χ0n) is 33.0. The van der Waals surface area contributed by atoms with Crippen molar-refractivity contribution in [3.8, 4) is 22.4 Å². The van der Waals surface area contributed by atoms with E-state index >= 15 is 0 Å². The van der Waals surface area contributed by atoms with Gasteiger partial charge in [-0.2, -0.15) is 0 Å². The van der Waals surface area contributed by atoms with Gasteiger partial charge in [0.1, 0.15) is 5.76 Å². The van der Waals surface area contributed by atoms with E-state index in [1.807, 2.05) is 0 Å². The summed E-state index contributed by atoms with van der Waals surface area (Å²) in [5.74, 6) is 5.64. The van der Waals surface area contributed by atoms with Crippen LogP contribution < -0.4 is 5.19 Å². The van der Waals surface area contributed by atoms with Crippen LogP contribution in [-0.2, 0) is 24.9 Å². The summed E-state index contributed by atoms with van der Waals surface area (Å²) in [5, 5.41) is 13.8. The zero-order valence-corrected chi connectivity index (χ0v) is 36.4. The van der Waals surface area contributed by atoms with E-state index in [1.165, 1.54) is 65.8 Å². The molecule has 0 unspecified atom stereocenters. The van der Waals surface area contributed by atoms with Crippen LogP contribution in [0.2, 0.25) is 19.6 Å². The van der Waals surface area contributed by atoms with Gasteiger partial charge in [-0.15, -0.1) is 34.9 Å². The topological polar surface area (TPSA) is 50.2 Å². The van der Waals surface area contributed by atoms with Crippen LogP contribution in [0.25, 0.3) is 33.3 Å². The van der Waals surface area contributed by atoms with Gasteiger partial charge in [0.05, 0.1) is 13.6 Å². The molecule has 8 aliphatic rings. The molecule has 5 heteroatoms. The largest absolute Gasteiger partial charge is 0.512 e. The first-order valence-corrected chi connectivity index (χ1v) is 24.3. The van der Waals surface area contributed by atoms with Crippen molar-refractivity contribution in [1.82, 2.24) is 4.98 Å². The summed E-state index contributed by atoms with van der Waals surface area (Å²) < 4.78 is 0. The van der Waals surface area contributed by atoms with E-state index in [0.717, 1.165) is 96.4 Å². The number of rotatable bonds is 6. The number of ketones is 1. The first kappa shape index (κ1) is 38.0. The summed E-state index contributed by atoms with van der Waals surface area (Å²) in [6, 6.07) is 27.5. The quantitative estimate of drug-likeness (QED) is 0.0907. The first-order chi connectivity index (χ1) is 25.3. The van der Waals surface area contributed by atoms with Crippen molar-refractivity contribution in [2.24, 2.45) is 46.3 Å². The minimum Gasteiger partial charge on any atom is -0.512 e. The minimum absolute atomic E-state index is 0. The van der Waals surface area contributed by atoms with Crippen molar-refractivity contribution in [3.05, 3.63) is 95.8 Å². The Morgan fingerprint density at radius 2 is 1.28 bits per heavy atom. The van der Waals surface area contributed by atoms with Gasteiger partial charge in [0.25, 0.3) is 0 Å². The Balaban J connectivity index is 0.000000151. The molecule has 0 spiro atoms. The molecule has 4 aromatic rings. The summed E-state index contributed by atoms with van der Waals surface area (Å²) in [6.07, 6.45) is 16.8. The number of pyridine rings is 1. The van der Waals surface area contributed by atoms with Crippen LogP contribution in [0, 0.1) is 66.3 Å². The SMILES string of the molecule is Cc1[c-]c(-c2nc3ccc([Si](C)(C)C)cc3cc2-c2ccccc2)cc(C)c1.O=C(/C=C(\O)C12CC3CC(CC(C3)C1)C2)C12CC3CC(CC(C3)C1)C2.[Ir]. The number of fused-ring (bicyclic) bond motifs is 1. The molecule has 0 aliphatic heterocycles. The van der Waals surface area contributed by atoms with Crippen molar-refractivity contribution in [2.75, 3.05) is 0 Å². The third kappa shape index (κ3) is 7.16. The molecule has 12 rings (SSSR count). The van der Waals surface area contributed by atoms with E-state index in [0.29, 0.717) is 11.5 Å². The second-order valence-electron chi connectivity index (χ2n) is 20.0. The minimum atomic E-state index is -1.37. The number of benzene rings is 3. The number of carbonyl (C=O) groups is 1. The Morgan fingerprint density at radius 3 is 1.80 bits per heavy atom. The molecular formula is C49H58IrNO2Si-.